The molecule has 0 atom stereocenters. The van der Waals surface area contributed by atoms with E-state index in [-0.39, 0.29) is 6.61 Å². The molecule has 2 rings (SSSR count). The Balaban J connectivity index is 1.76. The molecule has 5 nitrogen and oxygen atoms in total. The van der Waals surface area contributed by atoms with Gasteiger partial charge in [-0.15, -0.1) is 0 Å². The third-order valence-corrected chi connectivity index (χ3v) is 2.78. The van der Waals surface area contributed by atoms with E-state index in [1.165, 1.54) is 6.34 Å². The van der Waals surface area contributed by atoms with E-state index in [2.05, 4.69) is 10.3 Å². The Hall–Kier alpha value is -2.66. The first-order valence-electron chi connectivity index (χ1n) is 6.56. The molecule has 0 spiro atoms. The fraction of sp³-hybridized carbons (Fsp3) is 0.125. The second-order valence-electron chi connectivity index (χ2n) is 4.33. The third kappa shape index (κ3) is 5.08. The zero-order valence-electron chi connectivity index (χ0n) is 11.5. The number of ether oxygens (including phenoxy) is 1. The topological polar surface area (TPSA) is 76.7 Å². The van der Waals surface area contributed by atoms with E-state index in [0.29, 0.717) is 6.54 Å². The van der Waals surface area contributed by atoms with Crippen LogP contribution in [0.25, 0.3) is 0 Å². The first-order chi connectivity index (χ1) is 10.3. The summed E-state index contributed by atoms with van der Waals surface area (Å²) in [5.41, 5.74) is 8.21. The number of nitrogens with two attached hydrogens (primary N) is 1. The number of alkyl carbamates (subject to hydrolysis) is 1. The van der Waals surface area contributed by atoms with Gasteiger partial charge in [0.1, 0.15) is 6.61 Å². The van der Waals surface area contributed by atoms with E-state index in [1.807, 2.05) is 54.6 Å². The van der Waals surface area contributed by atoms with Crippen LogP contribution in [0.2, 0.25) is 0 Å². The SMILES string of the molecule is NCc1ccc(/N=C/NC(=O)OCc2ccccc2)cc1. The van der Waals surface area contributed by atoms with Crippen molar-refractivity contribution < 1.29 is 9.53 Å². The summed E-state index contributed by atoms with van der Waals surface area (Å²) in [5.74, 6) is 0. The van der Waals surface area contributed by atoms with Crippen LogP contribution >= 0.6 is 0 Å². The maximum atomic E-state index is 11.5. The molecule has 3 N–H and O–H groups in total. The van der Waals surface area contributed by atoms with Crippen LogP contribution in [0.5, 0.6) is 0 Å². The molecule has 2 aromatic carbocycles. The standard InChI is InChI=1S/C16H17N3O2/c17-10-13-6-8-15(9-7-13)18-12-19-16(20)21-11-14-4-2-1-3-5-14/h1-9,12H,10-11,17H2,(H,18,19,20). The van der Waals surface area contributed by atoms with E-state index in [1.54, 1.807) is 0 Å². The highest BCUT2D eigenvalue weighted by Gasteiger charge is 1.99. The number of carbonyl (C=O) groups is 1. The molecule has 0 heterocycles. The van der Waals surface area contributed by atoms with E-state index >= 15 is 0 Å². The van der Waals surface area contributed by atoms with Crippen molar-refractivity contribution in [1.29, 1.82) is 0 Å². The molecule has 0 radical (unpaired) electrons. The van der Waals surface area contributed by atoms with Gasteiger partial charge in [-0.05, 0) is 23.3 Å². The summed E-state index contributed by atoms with van der Waals surface area (Å²) in [6, 6.07) is 16.9. The Kier molecular flexibility index (Phi) is 5.49. The Morgan fingerprint density at radius 2 is 1.81 bits per heavy atom. The number of aliphatic imine (C=N–C) groups is 1. The third-order valence-electron chi connectivity index (χ3n) is 2.78. The van der Waals surface area contributed by atoms with E-state index < -0.39 is 6.09 Å². The summed E-state index contributed by atoms with van der Waals surface area (Å²) in [6.45, 7) is 0.722. The smallest absolute Gasteiger partial charge is 0.412 e. The molecular weight excluding hydrogens is 266 g/mol. The molecule has 0 aliphatic rings. The van der Waals surface area contributed by atoms with Crippen LogP contribution in [0.1, 0.15) is 11.1 Å². The van der Waals surface area contributed by atoms with E-state index in [9.17, 15) is 4.79 Å². The summed E-state index contributed by atoms with van der Waals surface area (Å²) in [6.07, 6.45) is 0.770. The number of benzene rings is 2. The Morgan fingerprint density at radius 3 is 2.48 bits per heavy atom. The molecule has 108 valence electrons. The van der Waals surface area contributed by atoms with Gasteiger partial charge in [-0.3, -0.25) is 5.32 Å². The van der Waals surface area contributed by atoms with Crippen LogP contribution in [-0.4, -0.2) is 12.4 Å². The van der Waals surface area contributed by atoms with Gasteiger partial charge < -0.3 is 10.5 Å². The second kappa shape index (κ2) is 7.81. The molecule has 21 heavy (non-hydrogen) atoms. The van der Waals surface area contributed by atoms with Crippen molar-refractivity contribution in [2.75, 3.05) is 0 Å². The van der Waals surface area contributed by atoms with Crippen molar-refractivity contribution in [3.8, 4) is 0 Å². The van der Waals surface area contributed by atoms with Crippen molar-refractivity contribution in [1.82, 2.24) is 5.32 Å². The van der Waals surface area contributed by atoms with Gasteiger partial charge in [0.15, 0.2) is 0 Å². The fourth-order valence-electron chi connectivity index (χ4n) is 1.64. The molecule has 0 aliphatic carbocycles. The number of hydrogen-bond acceptors (Lipinski definition) is 4. The summed E-state index contributed by atoms with van der Waals surface area (Å²) in [4.78, 5) is 15.6. The lowest BCUT2D eigenvalue weighted by atomic mass is 10.2. The van der Waals surface area contributed by atoms with E-state index in [0.717, 1.165) is 16.8 Å². The first-order valence-corrected chi connectivity index (χ1v) is 6.56. The highest BCUT2D eigenvalue weighted by atomic mass is 16.5. The van der Waals surface area contributed by atoms with Crippen molar-refractivity contribution >= 4 is 18.1 Å². The molecule has 5 heteroatoms. The maximum absolute atomic E-state index is 11.5. The summed E-state index contributed by atoms with van der Waals surface area (Å²) >= 11 is 0. The molecule has 1 amide bonds. The van der Waals surface area contributed by atoms with Crippen molar-refractivity contribution in [3.05, 3.63) is 65.7 Å². The van der Waals surface area contributed by atoms with Gasteiger partial charge in [-0.25, -0.2) is 9.79 Å². The molecule has 0 bridgehead atoms. The second-order valence-corrected chi connectivity index (χ2v) is 4.33. The summed E-state index contributed by atoms with van der Waals surface area (Å²) < 4.78 is 5.04. The molecule has 0 unspecified atom stereocenters. The average Bonchev–Trinajstić information content (AvgIpc) is 2.54. The summed E-state index contributed by atoms with van der Waals surface area (Å²) in [5, 5.41) is 2.45. The minimum absolute atomic E-state index is 0.228. The molecule has 0 saturated carbocycles. The number of nitrogens with one attached hydrogen (secondary N) is 1. The number of hydrogen-bond donors (Lipinski definition) is 2. The van der Waals surface area contributed by atoms with Crippen LogP contribution in [-0.2, 0) is 17.9 Å². The lowest BCUT2D eigenvalue weighted by Gasteiger charge is -2.03. The fourth-order valence-corrected chi connectivity index (χ4v) is 1.64. The summed E-state index contributed by atoms with van der Waals surface area (Å²) in [7, 11) is 0. The van der Waals surface area contributed by atoms with Gasteiger partial charge in [0.25, 0.3) is 0 Å². The minimum Gasteiger partial charge on any atom is -0.444 e. The van der Waals surface area contributed by atoms with Gasteiger partial charge >= 0.3 is 6.09 Å². The largest absolute Gasteiger partial charge is 0.444 e. The van der Waals surface area contributed by atoms with Crippen molar-refractivity contribution in [2.45, 2.75) is 13.2 Å². The zero-order chi connectivity index (χ0) is 14.9. The van der Waals surface area contributed by atoms with Crippen LogP contribution in [0.4, 0.5) is 10.5 Å². The number of carbonyl (C=O) groups excluding carboxylic acids is 1. The molecule has 0 fully saturated rings. The molecular formula is C16H17N3O2. The van der Waals surface area contributed by atoms with Gasteiger partial charge in [-0.2, -0.15) is 0 Å². The highest BCUT2D eigenvalue weighted by Crippen LogP contribution is 2.11. The number of nitrogens with zero attached hydrogens (tertiary/aromatic N) is 1. The van der Waals surface area contributed by atoms with Gasteiger partial charge in [0, 0.05) is 6.54 Å². The monoisotopic (exact) mass is 283 g/mol. The van der Waals surface area contributed by atoms with Crippen LogP contribution in [0.15, 0.2) is 59.6 Å². The van der Waals surface area contributed by atoms with Crippen molar-refractivity contribution in [3.63, 3.8) is 0 Å². The van der Waals surface area contributed by atoms with Gasteiger partial charge in [0.2, 0.25) is 0 Å². The number of rotatable bonds is 5. The quantitative estimate of drug-likeness (QED) is 0.654. The Bertz CT molecular complexity index is 595. The molecule has 2 aromatic rings. The lowest BCUT2D eigenvalue weighted by Crippen LogP contribution is -2.22. The highest BCUT2D eigenvalue weighted by molar-refractivity contribution is 5.83. The lowest BCUT2D eigenvalue weighted by molar-refractivity contribution is 0.145. The molecule has 0 aliphatic heterocycles. The Morgan fingerprint density at radius 1 is 1.10 bits per heavy atom. The average molecular weight is 283 g/mol. The van der Waals surface area contributed by atoms with Gasteiger partial charge in [0.05, 0.1) is 12.0 Å². The molecule has 0 saturated heterocycles. The predicted molar refractivity (Wildman–Crippen MR) is 82.2 cm³/mol. The van der Waals surface area contributed by atoms with Gasteiger partial charge in [-0.1, -0.05) is 42.5 Å². The predicted octanol–water partition coefficient (Wildman–Crippen LogP) is 2.73. The Labute approximate surface area is 123 Å². The van der Waals surface area contributed by atoms with E-state index in [4.69, 9.17) is 10.5 Å². The van der Waals surface area contributed by atoms with Crippen LogP contribution in [0, 0.1) is 0 Å². The first kappa shape index (κ1) is 14.7. The van der Waals surface area contributed by atoms with Crippen molar-refractivity contribution in [2.24, 2.45) is 10.7 Å². The minimum atomic E-state index is -0.541. The number of amides is 1. The van der Waals surface area contributed by atoms with Crippen LogP contribution < -0.4 is 11.1 Å². The maximum Gasteiger partial charge on any atom is 0.412 e. The van der Waals surface area contributed by atoms with Crippen LogP contribution in [0.3, 0.4) is 0 Å². The molecule has 0 aromatic heterocycles. The zero-order valence-corrected chi connectivity index (χ0v) is 11.5. The normalized spacial score (nSPS) is 10.5.